The highest BCUT2D eigenvalue weighted by atomic mass is 16.5. The first-order chi connectivity index (χ1) is 18.5. The number of aromatic nitrogens is 2. The largest absolute Gasteiger partial charge is 0.372 e. The predicted octanol–water partition coefficient (Wildman–Crippen LogP) is 3.92. The van der Waals surface area contributed by atoms with E-state index in [1.54, 1.807) is 4.68 Å². The zero-order chi connectivity index (χ0) is 26.5. The van der Waals surface area contributed by atoms with E-state index in [1.165, 1.54) is 24.1 Å². The first-order valence-electron chi connectivity index (χ1n) is 13.5. The second-order valence-corrected chi connectivity index (χ2v) is 10.3. The Hall–Kier alpha value is -3.67. The predicted molar refractivity (Wildman–Crippen MR) is 147 cm³/mol. The summed E-state index contributed by atoms with van der Waals surface area (Å²) in [6.07, 6.45) is 2.38. The highest BCUT2D eigenvalue weighted by Crippen LogP contribution is 2.28. The van der Waals surface area contributed by atoms with Crippen molar-refractivity contribution in [2.24, 2.45) is 7.05 Å². The number of amides is 1. The molecule has 2 saturated heterocycles. The summed E-state index contributed by atoms with van der Waals surface area (Å²) in [6.45, 7) is 8.32. The number of piperazine rings is 1. The van der Waals surface area contributed by atoms with E-state index in [4.69, 9.17) is 10.00 Å². The van der Waals surface area contributed by atoms with Crippen molar-refractivity contribution in [2.45, 2.75) is 32.5 Å². The molecular weight excluding hydrogens is 476 g/mol. The van der Waals surface area contributed by atoms with Crippen LogP contribution in [0.2, 0.25) is 0 Å². The maximum Gasteiger partial charge on any atom is 0.274 e. The maximum atomic E-state index is 13.0. The molecule has 0 bridgehead atoms. The van der Waals surface area contributed by atoms with Gasteiger partial charge in [0.25, 0.3) is 5.91 Å². The first kappa shape index (κ1) is 26.0. The molecule has 3 aromatic rings. The van der Waals surface area contributed by atoms with Gasteiger partial charge in [0, 0.05) is 64.2 Å². The molecule has 2 aliphatic rings. The standard InChI is InChI=1S/C30H36N6O2/c1-23-18-28(32-33(23)2)30(37)36-16-14-34(15-17-36)21-29(38-22-25-10-8-24(20-31)9-11-25)26-6-5-7-27(19-26)35-12-3-4-13-35/h5-11,18-19,29H,3-4,12-17,21-22H2,1-2H3/t29-/m0/s1. The van der Waals surface area contributed by atoms with Crippen molar-refractivity contribution < 1.29 is 9.53 Å². The van der Waals surface area contributed by atoms with Crippen LogP contribution in [0, 0.1) is 18.3 Å². The number of ether oxygens (including phenoxy) is 1. The van der Waals surface area contributed by atoms with E-state index in [2.05, 4.69) is 45.2 Å². The number of hydrogen-bond donors (Lipinski definition) is 0. The van der Waals surface area contributed by atoms with Crippen LogP contribution in [-0.4, -0.2) is 71.3 Å². The molecule has 1 amide bonds. The van der Waals surface area contributed by atoms with Crippen molar-refractivity contribution in [3.8, 4) is 6.07 Å². The summed E-state index contributed by atoms with van der Waals surface area (Å²) in [6, 6.07) is 20.4. The summed E-state index contributed by atoms with van der Waals surface area (Å²) >= 11 is 0. The molecule has 2 aliphatic heterocycles. The Labute approximate surface area is 225 Å². The lowest BCUT2D eigenvalue weighted by molar-refractivity contribution is 0.00337. The van der Waals surface area contributed by atoms with Crippen molar-refractivity contribution >= 4 is 11.6 Å². The summed E-state index contributed by atoms with van der Waals surface area (Å²) < 4.78 is 8.28. The molecule has 2 fully saturated rings. The van der Waals surface area contributed by atoms with E-state index in [1.807, 2.05) is 49.2 Å². The average Bonchev–Trinajstić information content (AvgIpc) is 3.61. The minimum Gasteiger partial charge on any atom is -0.372 e. The van der Waals surface area contributed by atoms with E-state index in [0.717, 1.165) is 44.0 Å². The van der Waals surface area contributed by atoms with Crippen LogP contribution in [0.1, 0.15) is 51.8 Å². The van der Waals surface area contributed by atoms with Crippen LogP contribution in [-0.2, 0) is 18.4 Å². The van der Waals surface area contributed by atoms with Gasteiger partial charge in [0.15, 0.2) is 5.69 Å². The number of carbonyl (C=O) groups excluding carboxylic acids is 1. The van der Waals surface area contributed by atoms with Crippen LogP contribution in [0.15, 0.2) is 54.6 Å². The van der Waals surface area contributed by atoms with E-state index >= 15 is 0 Å². The van der Waals surface area contributed by atoms with Crippen LogP contribution in [0.4, 0.5) is 5.69 Å². The van der Waals surface area contributed by atoms with Crippen molar-refractivity contribution in [2.75, 3.05) is 50.7 Å². The van der Waals surface area contributed by atoms with Gasteiger partial charge in [-0.2, -0.15) is 10.4 Å². The third-order valence-corrected chi connectivity index (χ3v) is 7.66. The fraction of sp³-hybridized carbons (Fsp3) is 0.433. The number of benzene rings is 2. The minimum atomic E-state index is -0.103. The van der Waals surface area contributed by atoms with E-state index < -0.39 is 0 Å². The van der Waals surface area contributed by atoms with Gasteiger partial charge < -0.3 is 14.5 Å². The van der Waals surface area contributed by atoms with Gasteiger partial charge in [-0.05, 0) is 61.2 Å². The monoisotopic (exact) mass is 512 g/mol. The Kier molecular flexibility index (Phi) is 8.06. The van der Waals surface area contributed by atoms with Gasteiger partial charge in [0.1, 0.15) is 0 Å². The average molecular weight is 513 g/mol. The summed E-state index contributed by atoms with van der Waals surface area (Å²) in [5, 5.41) is 13.5. The minimum absolute atomic E-state index is 0.000260. The molecule has 2 aromatic carbocycles. The van der Waals surface area contributed by atoms with E-state index in [9.17, 15) is 4.79 Å². The highest BCUT2D eigenvalue weighted by molar-refractivity contribution is 5.92. The summed E-state index contributed by atoms with van der Waals surface area (Å²) in [7, 11) is 1.86. The molecular formula is C30H36N6O2. The molecule has 198 valence electrons. The molecule has 1 aromatic heterocycles. The van der Waals surface area contributed by atoms with Crippen LogP contribution in [0.3, 0.4) is 0 Å². The number of aryl methyl sites for hydroxylation is 2. The lowest BCUT2D eigenvalue weighted by Crippen LogP contribution is -2.49. The Morgan fingerprint density at radius 3 is 2.42 bits per heavy atom. The molecule has 5 rings (SSSR count). The Morgan fingerprint density at radius 1 is 1.03 bits per heavy atom. The number of carbonyl (C=O) groups is 1. The van der Waals surface area contributed by atoms with Gasteiger partial charge in [-0.3, -0.25) is 14.4 Å². The lowest BCUT2D eigenvalue weighted by Gasteiger charge is -2.36. The molecule has 38 heavy (non-hydrogen) atoms. The number of rotatable bonds is 8. The normalized spacial score (nSPS) is 17.0. The maximum absolute atomic E-state index is 13.0. The lowest BCUT2D eigenvalue weighted by atomic mass is 10.1. The summed E-state index contributed by atoms with van der Waals surface area (Å²) in [5.74, 6) is 0.000260. The Morgan fingerprint density at radius 2 is 1.76 bits per heavy atom. The molecule has 8 heteroatoms. The molecule has 0 N–H and O–H groups in total. The second kappa shape index (κ2) is 11.8. The molecule has 8 nitrogen and oxygen atoms in total. The fourth-order valence-electron chi connectivity index (χ4n) is 5.22. The smallest absolute Gasteiger partial charge is 0.274 e. The number of anilines is 1. The third-order valence-electron chi connectivity index (χ3n) is 7.66. The van der Waals surface area contributed by atoms with Crippen LogP contribution in [0.5, 0.6) is 0 Å². The van der Waals surface area contributed by atoms with Crippen molar-refractivity contribution in [3.05, 3.63) is 82.7 Å². The molecule has 0 aliphatic carbocycles. The van der Waals surface area contributed by atoms with Crippen LogP contribution < -0.4 is 4.90 Å². The number of hydrogen-bond acceptors (Lipinski definition) is 6. The van der Waals surface area contributed by atoms with Gasteiger partial charge in [-0.15, -0.1) is 0 Å². The SMILES string of the molecule is Cc1cc(C(=O)N2CCN(C[C@H](OCc3ccc(C#N)cc3)c3cccc(N4CCCC4)c3)CC2)nn1C. The first-order valence-corrected chi connectivity index (χ1v) is 13.5. The Balaban J connectivity index is 1.26. The van der Waals surface area contributed by atoms with Gasteiger partial charge >= 0.3 is 0 Å². The quantitative estimate of drug-likeness (QED) is 0.455. The number of nitrogens with zero attached hydrogens (tertiary/aromatic N) is 6. The van der Waals surface area contributed by atoms with E-state index in [-0.39, 0.29) is 12.0 Å². The fourth-order valence-corrected chi connectivity index (χ4v) is 5.22. The topological polar surface area (TPSA) is 77.6 Å². The summed E-state index contributed by atoms with van der Waals surface area (Å²) in [5.41, 5.74) is 5.62. The number of nitriles is 1. The third kappa shape index (κ3) is 6.07. The molecule has 0 radical (unpaired) electrons. The molecule has 0 saturated carbocycles. The molecule has 3 heterocycles. The highest BCUT2D eigenvalue weighted by Gasteiger charge is 2.26. The zero-order valence-corrected chi connectivity index (χ0v) is 22.3. The van der Waals surface area contributed by atoms with Gasteiger partial charge in [-0.1, -0.05) is 24.3 Å². The van der Waals surface area contributed by atoms with Crippen molar-refractivity contribution in [1.82, 2.24) is 19.6 Å². The second-order valence-electron chi connectivity index (χ2n) is 10.3. The zero-order valence-electron chi connectivity index (χ0n) is 22.3. The molecule has 0 unspecified atom stereocenters. The van der Waals surface area contributed by atoms with Gasteiger partial charge in [-0.25, -0.2) is 0 Å². The van der Waals surface area contributed by atoms with Crippen molar-refractivity contribution in [1.29, 1.82) is 5.26 Å². The van der Waals surface area contributed by atoms with Gasteiger partial charge in [0.05, 0.1) is 24.3 Å². The molecule has 1 atom stereocenters. The van der Waals surface area contributed by atoms with Crippen LogP contribution in [0.25, 0.3) is 0 Å². The summed E-state index contributed by atoms with van der Waals surface area (Å²) in [4.78, 5) is 19.7. The van der Waals surface area contributed by atoms with Crippen molar-refractivity contribution in [3.63, 3.8) is 0 Å². The van der Waals surface area contributed by atoms with Gasteiger partial charge in [0.2, 0.25) is 0 Å². The van der Waals surface area contributed by atoms with E-state index in [0.29, 0.717) is 31.0 Å². The molecule has 0 spiro atoms. The van der Waals surface area contributed by atoms with Crippen LogP contribution >= 0.6 is 0 Å². The Bertz CT molecular complexity index is 1260.